The first kappa shape index (κ1) is 28.7. The van der Waals surface area contributed by atoms with Crippen LogP contribution in [0.3, 0.4) is 0 Å². The first-order chi connectivity index (χ1) is 19.9. The number of fused-ring (bicyclic) bond motifs is 2. The molecule has 2 fully saturated rings. The van der Waals surface area contributed by atoms with Gasteiger partial charge in [0.1, 0.15) is 23.0 Å². The summed E-state index contributed by atoms with van der Waals surface area (Å²) in [4.78, 5) is 76.0. The minimum atomic E-state index is -1.10. The SMILES string of the molecule is COC(=O)Oc1cccc2cc(C(=O)Nc3ccccc3CC(=O)NC3C(=O)N4[C@@H]3SC(C)(C)[C@@H]4C(=O)O)c(=O)oc12. The Labute approximate surface area is 242 Å². The van der Waals surface area contributed by atoms with Gasteiger partial charge in [-0.3, -0.25) is 14.4 Å². The highest BCUT2D eigenvalue weighted by atomic mass is 32.2. The van der Waals surface area contributed by atoms with E-state index in [2.05, 4.69) is 15.4 Å². The van der Waals surface area contributed by atoms with Gasteiger partial charge in [-0.05, 0) is 37.6 Å². The number of hydrogen-bond acceptors (Lipinski definition) is 10. The standard InChI is InChI=1S/C28H25N3O10S/c1-28(2)21(25(35)36)31-23(34)19(24(31)42-28)30-18(32)12-13-7-4-5-9-16(13)29-22(33)15-11-14-8-6-10-17(40-27(38)39-3)20(14)41-26(15)37/h4-11,19,21,24H,12H2,1-3H3,(H,29,33)(H,30,32)(H,35,36)/t19?,21-,24+/m0/s1. The van der Waals surface area contributed by atoms with Crippen LogP contribution in [-0.2, 0) is 25.5 Å². The zero-order valence-electron chi connectivity index (χ0n) is 22.5. The zero-order chi connectivity index (χ0) is 30.3. The third-order valence-electron chi connectivity index (χ3n) is 6.94. The first-order valence-electron chi connectivity index (χ1n) is 12.7. The van der Waals surface area contributed by atoms with Crippen molar-refractivity contribution in [2.45, 2.75) is 42.5 Å². The second kappa shape index (κ2) is 10.9. The van der Waals surface area contributed by atoms with Crippen LogP contribution in [-0.4, -0.2) is 69.2 Å². The second-order valence-electron chi connectivity index (χ2n) is 10.1. The van der Waals surface area contributed by atoms with Crippen molar-refractivity contribution in [3.63, 3.8) is 0 Å². The Balaban J connectivity index is 1.30. The van der Waals surface area contributed by atoms with E-state index < -0.39 is 57.7 Å². The molecule has 3 heterocycles. The Hall–Kier alpha value is -4.85. The Bertz CT molecular complexity index is 1700. The smallest absolute Gasteiger partial charge is 0.480 e. The van der Waals surface area contributed by atoms with Crippen LogP contribution in [0.25, 0.3) is 11.0 Å². The van der Waals surface area contributed by atoms with E-state index in [0.29, 0.717) is 10.9 Å². The lowest BCUT2D eigenvalue weighted by Crippen LogP contribution is -2.70. The number of rotatable bonds is 7. The molecule has 2 aliphatic heterocycles. The van der Waals surface area contributed by atoms with Crippen molar-refractivity contribution in [3.8, 4) is 5.75 Å². The zero-order valence-corrected chi connectivity index (χ0v) is 23.4. The molecular weight excluding hydrogens is 570 g/mol. The number of nitrogens with zero attached hydrogens (tertiary/aromatic N) is 1. The molecule has 0 aliphatic carbocycles. The van der Waals surface area contributed by atoms with E-state index in [4.69, 9.17) is 9.15 Å². The number of amides is 3. The van der Waals surface area contributed by atoms with Gasteiger partial charge >= 0.3 is 17.8 Å². The van der Waals surface area contributed by atoms with Gasteiger partial charge in [0, 0.05) is 15.8 Å². The quantitative estimate of drug-likeness (QED) is 0.158. The highest BCUT2D eigenvalue weighted by Crippen LogP contribution is 2.50. The molecule has 2 aromatic carbocycles. The molecule has 0 spiro atoms. The van der Waals surface area contributed by atoms with Gasteiger partial charge in [-0.2, -0.15) is 0 Å². The van der Waals surface area contributed by atoms with Crippen LogP contribution >= 0.6 is 11.8 Å². The fourth-order valence-electron chi connectivity index (χ4n) is 5.02. The first-order valence-corrected chi connectivity index (χ1v) is 13.5. The molecular formula is C28H25N3O10S. The molecule has 1 aromatic heterocycles. The summed E-state index contributed by atoms with van der Waals surface area (Å²) in [6, 6.07) is 10.4. The third kappa shape index (κ3) is 5.16. The molecule has 0 radical (unpaired) electrons. The molecule has 3 aromatic rings. The van der Waals surface area contributed by atoms with Crippen molar-refractivity contribution >= 4 is 58.3 Å². The molecule has 42 heavy (non-hydrogen) atoms. The highest BCUT2D eigenvalue weighted by Gasteiger charge is 2.64. The number of nitrogens with one attached hydrogen (secondary N) is 2. The van der Waals surface area contributed by atoms with Crippen molar-refractivity contribution in [2.24, 2.45) is 0 Å². The van der Waals surface area contributed by atoms with Crippen molar-refractivity contribution in [2.75, 3.05) is 12.4 Å². The summed E-state index contributed by atoms with van der Waals surface area (Å²) < 4.78 is 14.0. The maximum absolute atomic E-state index is 13.1. The third-order valence-corrected chi connectivity index (χ3v) is 8.51. The number of carboxylic acid groups (broad SMARTS) is 1. The molecule has 2 aliphatic rings. The maximum Gasteiger partial charge on any atom is 0.513 e. The Morgan fingerprint density at radius 3 is 2.55 bits per heavy atom. The Kier molecular flexibility index (Phi) is 7.41. The number of methoxy groups -OCH3 is 1. The van der Waals surface area contributed by atoms with Crippen molar-refractivity contribution < 1.29 is 43.0 Å². The van der Waals surface area contributed by atoms with Gasteiger partial charge in [0.15, 0.2) is 11.3 Å². The normalized spacial score (nSPS) is 20.3. The fourth-order valence-corrected chi connectivity index (χ4v) is 6.64. The average molecular weight is 596 g/mol. The van der Waals surface area contributed by atoms with Crippen LogP contribution in [0.5, 0.6) is 5.75 Å². The number of carbonyl (C=O) groups is 5. The summed E-state index contributed by atoms with van der Waals surface area (Å²) in [7, 11) is 1.12. The molecule has 3 amide bonds. The average Bonchev–Trinajstić information content (AvgIpc) is 3.20. The lowest BCUT2D eigenvalue weighted by molar-refractivity contribution is -0.161. The summed E-state index contributed by atoms with van der Waals surface area (Å²) >= 11 is 1.31. The van der Waals surface area contributed by atoms with Crippen LogP contribution in [0.2, 0.25) is 0 Å². The number of thioether (sulfide) groups is 1. The number of benzene rings is 2. The van der Waals surface area contributed by atoms with Crippen molar-refractivity contribution in [1.29, 1.82) is 0 Å². The molecule has 218 valence electrons. The van der Waals surface area contributed by atoms with Crippen LogP contribution in [0.15, 0.2) is 57.7 Å². The van der Waals surface area contributed by atoms with Gasteiger partial charge in [-0.15, -0.1) is 11.8 Å². The van der Waals surface area contributed by atoms with Crippen LogP contribution < -0.4 is 21.0 Å². The lowest BCUT2D eigenvalue weighted by atomic mass is 9.96. The van der Waals surface area contributed by atoms with Crippen molar-refractivity contribution in [3.05, 3.63) is 70.1 Å². The molecule has 2 saturated heterocycles. The highest BCUT2D eigenvalue weighted by molar-refractivity contribution is 8.01. The maximum atomic E-state index is 13.1. The van der Waals surface area contributed by atoms with E-state index in [-0.39, 0.29) is 29.0 Å². The number of β-lactam (4-membered cyclic amide) rings is 1. The summed E-state index contributed by atoms with van der Waals surface area (Å²) in [6.07, 6.45) is -1.22. The largest absolute Gasteiger partial charge is 0.513 e. The minimum absolute atomic E-state index is 0.0517. The van der Waals surface area contributed by atoms with Crippen LogP contribution in [0, 0.1) is 0 Å². The van der Waals surface area contributed by atoms with Gasteiger partial charge in [-0.25, -0.2) is 14.4 Å². The summed E-state index contributed by atoms with van der Waals surface area (Å²) in [5.41, 5.74) is -0.700. The van der Waals surface area contributed by atoms with E-state index >= 15 is 0 Å². The number of hydrogen-bond donors (Lipinski definition) is 3. The number of aliphatic carboxylic acids is 1. The monoisotopic (exact) mass is 595 g/mol. The number of carbonyl (C=O) groups excluding carboxylic acids is 4. The number of anilines is 1. The molecule has 14 heteroatoms. The van der Waals surface area contributed by atoms with E-state index in [9.17, 15) is 33.9 Å². The summed E-state index contributed by atoms with van der Waals surface area (Å²) in [5, 5.41) is 14.7. The molecule has 3 atom stereocenters. The van der Waals surface area contributed by atoms with Gasteiger partial charge in [0.05, 0.1) is 13.5 Å². The summed E-state index contributed by atoms with van der Waals surface area (Å²) in [6.45, 7) is 3.48. The number of ether oxygens (including phenoxy) is 2. The predicted molar refractivity (Wildman–Crippen MR) is 149 cm³/mol. The number of carboxylic acids is 1. The van der Waals surface area contributed by atoms with Gasteiger partial charge in [-0.1, -0.05) is 30.3 Å². The molecule has 0 bridgehead atoms. The second-order valence-corrected chi connectivity index (χ2v) is 11.9. The molecule has 3 N–H and O–H groups in total. The Morgan fingerprint density at radius 2 is 1.83 bits per heavy atom. The van der Waals surface area contributed by atoms with E-state index in [1.54, 1.807) is 44.2 Å². The number of para-hydroxylation sites is 2. The molecule has 1 unspecified atom stereocenters. The van der Waals surface area contributed by atoms with E-state index in [0.717, 1.165) is 7.11 Å². The van der Waals surface area contributed by atoms with Crippen molar-refractivity contribution in [1.82, 2.24) is 10.2 Å². The van der Waals surface area contributed by atoms with Crippen LogP contribution in [0.4, 0.5) is 10.5 Å². The fraction of sp³-hybridized carbons (Fsp3) is 0.286. The topological polar surface area (TPSA) is 182 Å². The minimum Gasteiger partial charge on any atom is -0.480 e. The van der Waals surface area contributed by atoms with E-state index in [1.807, 2.05) is 0 Å². The van der Waals surface area contributed by atoms with Gasteiger partial charge in [0.25, 0.3) is 5.91 Å². The molecule has 0 saturated carbocycles. The van der Waals surface area contributed by atoms with Gasteiger partial charge in [0.2, 0.25) is 11.8 Å². The molecule has 5 rings (SSSR count). The summed E-state index contributed by atoms with van der Waals surface area (Å²) in [5.74, 6) is -2.94. The van der Waals surface area contributed by atoms with Crippen LogP contribution in [0.1, 0.15) is 29.8 Å². The lowest BCUT2D eigenvalue weighted by Gasteiger charge is -2.43. The predicted octanol–water partition coefficient (Wildman–Crippen LogP) is 2.36. The molecule has 13 nitrogen and oxygen atoms in total. The Morgan fingerprint density at radius 1 is 1.10 bits per heavy atom. The van der Waals surface area contributed by atoms with E-state index in [1.165, 1.54) is 34.9 Å². The van der Waals surface area contributed by atoms with Gasteiger partial charge < -0.3 is 34.5 Å².